The summed E-state index contributed by atoms with van der Waals surface area (Å²) in [6.07, 6.45) is 7.34. The van der Waals surface area contributed by atoms with E-state index >= 15 is 0 Å². The maximum Gasteiger partial charge on any atom is 0.317 e. The number of aromatic nitrogens is 2. The Morgan fingerprint density at radius 3 is 2.91 bits per heavy atom. The average Bonchev–Trinajstić information content (AvgIpc) is 3.19. The summed E-state index contributed by atoms with van der Waals surface area (Å²) in [6, 6.07) is 6.47. The SMILES string of the molecule is C[C@H](c1cnn(C)c1)N(C)C(=O)NCc1ccc2c(c1)CCC2. The van der Waals surface area contributed by atoms with Crippen LogP contribution >= 0.6 is 0 Å². The van der Waals surface area contributed by atoms with Crippen LogP contribution in [0.1, 0.15) is 41.6 Å². The van der Waals surface area contributed by atoms with E-state index in [4.69, 9.17) is 0 Å². The summed E-state index contributed by atoms with van der Waals surface area (Å²) in [5, 5.41) is 7.17. The lowest BCUT2D eigenvalue weighted by atomic mass is 10.1. The average molecular weight is 312 g/mol. The van der Waals surface area contributed by atoms with Gasteiger partial charge in [-0.15, -0.1) is 0 Å². The van der Waals surface area contributed by atoms with Crippen LogP contribution in [0.2, 0.25) is 0 Å². The van der Waals surface area contributed by atoms with E-state index in [1.807, 2.05) is 27.2 Å². The summed E-state index contributed by atoms with van der Waals surface area (Å²) in [5.41, 5.74) is 5.10. The third kappa shape index (κ3) is 3.38. The van der Waals surface area contributed by atoms with Crippen molar-refractivity contribution >= 4 is 6.03 Å². The van der Waals surface area contributed by atoms with Gasteiger partial charge in [0.25, 0.3) is 0 Å². The summed E-state index contributed by atoms with van der Waals surface area (Å²) in [6.45, 7) is 2.57. The minimum atomic E-state index is -0.0677. The molecular weight excluding hydrogens is 288 g/mol. The van der Waals surface area contributed by atoms with Gasteiger partial charge < -0.3 is 10.2 Å². The van der Waals surface area contributed by atoms with Crippen LogP contribution < -0.4 is 5.32 Å². The van der Waals surface area contributed by atoms with E-state index in [2.05, 4.69) is 28.6 Å². The molecule has 1 heterocycles. The molecule has 1 aromatic heterocycles. The van der Waals surface area contributed by atoms with Crippen molar-refractivity contribution in [1.82, 2.24) is 20.0 Å². The topological polar surface area (TPSA) is 50.2 Å². The number of aryl methyl sites for hydroxylation is 3. The fourth-order valence-corrected chi connectivity index (χ4v) is 3.09. The van der Waals surface area contributed by atoms with Crippen LogP contribution in [-0.4, -0.2) is 27.8 Å². The quantitative estimate of drug-likeness (QED) is 0.944. The van der Waals surface area contributed by atoms with Crippen molar-refractivity contribution in [2.75, 3.05) is 7.05 Å². The normalized spacial score (nSPS) is 14.4. The highest BCUT2D eigenvalue weighted by Gasteiger charge is 2.18. The molecule has 0 saturated heterocycles. The van der Waals surface area contributed by atoms with Gasteiger partial charge in [-0.05, 0) is 42.9 Å². The Morgan fingerprint density at radius 2 is 2.17 bits per heavy atom. The van der Waals surface area contributed by atoms with Crippen molar-refractivity contribution in [3.63, 3.8) is 0 Å². The first-order chi connectivity index (χ1) is 11.0. The molecule has 0 saturated carbocycles. The van der Waals surface area contributed by atoms with Gasteiger partial charge in [-0.25, -0.2) is 4.79 Å². The molecule has 122 valence electrons. The molecule has 23 heavy (non-hydrogen) atoms. The fourth-order valence-electron chi connectivity index (χ4n) is 3.09. The van der Waals surface area contributed by atoms with Gasteiger partial charge in [-0.3, -0.25) is 4.68 Å². The second-order valence-electron chi connectivity index (χ2n) is 6.35. The number of rotatable bonds is 4. The largest absolute Gasteiger partial charge is 0.334 e. The molecule has 0 fully saturated rings. The first-order valence-electron chi connectivity index (χ1n) is 8.14. The van der Waals surface area contributed by atoms with Gasteiger partial charge >= 0.3 is 6.03 Å². The van der Waals surface area contributed by atoms with E-state index in [0.29, 0.717) is 6.54 Å². The standard InChI is InChI=1S/C18H24N4O/c1-13(17-11-20-21(2)12-17)22(3)18(23)19-10-14-7-8-15-5-4-6-16(15)9-14/h7-9,11-13H,4-6,10H2,1-3H3,(H,19,23)/t13-/m1/s1. The molecule has 0 bridgehead atoms. The van der Waals surface area contributed by atoms with E-state index in [9.17, 15) is 4.79 Å². The minimum absolute atomic E-state index is 0.0104. The van der Waals surface area contributed by atoms with Crippen molar-refractivity contribution in [2.45, 2.75) is 38.8 Å². The molecule has 0 unspecified atom stereocenters. The number of carbonyl (C=O) groups excluding carboxylic acids is 1. The molecule has 1 aliphatic rings. The lowest BCUT2D eigenvalue weighted by Crippen LogP contribution is -2.38. The molecule has 3 rings (SSSR count). The third-order valence-corrected chi connectivity index (χ3v) is 4.72. The molecule has 0 spiro atoms. The molecule has 0 radical (unpaired) electrons. The zero-order chi connectivity index (χ0) is 16.4. The van der Waals surface area contributed by atoms with Gasteiger partial charge in [0, 0.05) is 32.4 Å². The molecule has 1 aliphatic carbocycles. The molecule has 1 N–H and O–H groups in total. The highest BCUT2D eigenvalue weighted by atomic mass is 16.2. The van der Waals surface area contributed by atoms with Crippen LogP contribution in [0.5, 0.6) is 0 Å². The third-order valence-electron chi connectivity index (χ3n) is 4.72. The van der Waals surface area contributed by atoms with Gasteiger partial charge in [-0.1, -0.05) is 18.2 Å². The maximum absolute atomic E-state index is 12.4. The number of benzene rings is 1. The van der Waals surface area contributed by atoms with E-state index in [0.717, 1.165) is 12.0 Å². The lowest BCUT2D eigenvalue weighted by molar-refractivity contribution is 0.194. The van der Waals surface area contributed by atoms with Crippen molar-refractivity contribution < 1.29 is 4.79 Å². The van der Waals surface area contributed by atoms with Gasteiger partial charge in [0.1, 0.15) is 0 Å². The predicted octanol–water partition coefficient (Wildman–Crippen LogP) is 2.81. The molecule has 5 nitrogen and oxygen atoms in total. The van der Waals surface area contributed by atoms with Crippen molar-refractivity contribution in [3.05, 3.63) is 52.8 Å². The molecule has 1 aromatic carbocycles. The van der Waals surface area contributed by atoms with Crippen LogP contribution in [0.15, 0.2) is 30.6 Å². The number of hydrogen-bond acceptors (Lipinski definition) is 2. The second-order valence-corrected chi connectivity index (χ2v) is 6.35. The maximum atomic E-state index is 12.4. The number of urea groups is 1. The van der Waals surface area contributed by atoms with E-state index in [1.54, 1.807) is 15.8 Å². The summed E-state index contributed by atoms with van der Waals surface area (Å²) in [4.78, 5) is 14.1. The van der Waals surface area contributed by atoms with Crippen molar-refractivity contribution in [2.24, 2.45) is 7.05 Å². The first-order valence-corrected chi connectivity index (χ1v) is 8.14. The van der Waals surface area contributed by atoms with Crippen LogP contribution in [0.25, 0.3) is 0 Å². The highest BCUT2D eigenvalue weighted by Crippen LogP contribution is 2.23. The Balaban J connectivity index is 1.58. The summed E-state index contributed by atoms with van der Waals surface area (Å²) >= 11 is 0. The van der Waals surface area contributed by atoms with Crippen LogP contribution in [-0.2, 0) is 26.4 Å². The summed E-state index contributed by atoms with van der Waals surface area (Å²) in [5.74, 6) is 0. The Kier molecular flexibility index (Phi) is 4.37. The Bertz CT molecular complexity index is 707. The Hall–Kier alpha value is -2.30. The Morgan fingerprint density at radius 1 is 1.39 bits per heavy atom. The molecule has 1 atom stereocenters. The zero-order valence-electron chi connectivity index (χ0n) is 14.0. The van der Waals surface area contributed by atoms with Gasteiger partial charge in [0.15, 0.2) is 0 Å². The first kappa shape index (κ1) is 15.6. The van der Waals surface area contributed by atoms with Crippen LogP contribution in [0.4, 0.5) is 4.79 Å². The molecule has 5 heteroatoms. The van der Waals surface area contributed by atoms with E-state index in [1.165, 1.54) is 29.5 Å². The number of nitrogens with one attached hydrogen (secondary N) is 1. The number of amides is 2. The van der Waals surface area contributed by atoms with Crippen LogP contribution in [0, 0.1) is 0 Å². The van der Waals surface area contributed by atoms with Crippen LogP contribution in [0.3, 0.4) is 0 Å². The number of nitrogens with zero attached hydrogens (tertiary/aromatic N) is 3. The highest BCUT2D eigenvalue weighted by molar-refractivity contribution is 5.74. The van der Waals surface area contributed by atoms with Gasteiger partial charge in [-0.2, -0.15) is 5.10 Å². The summed E-state index contributed by atoms with van der Waals surface area (Å²) in [7, 11) is 3.69. The molecule has 0 aliphatic heterocycles. The molecule has 2 amide bonds. The Labute approximate surface area is 137 Å². The van der Waals surface area contributed by atoms with Gasteiger partial charge in [0.05, 0.1) is 12.2 Å². The molecule has 2 aromatic rings. The van der Waals surface area contributed by atoms with E-state index in [-0.39, 0.29) is 12.1 Å². The van der Waals surface area contributed by atoms with Gasteiger partial charge in [0.2, 0.25) is 0 Å². The predicted molar refractivity (Wildman–Crippen MR) is 90.1 cm³/mol. The summed E-state index contributed by atoms with van der Waals surface area (Å²) < 4.78 is 1.75. The van der Waals surface area contributed by atoms with Crippen molar-refractivity contribution in [3.8, 4) is 0 Å². The monoisotopic (exact) mass is 312 g/mol. The lowest BCUT2D eigenvalue weighted by Gasteiger charge is -2.24. The second kappa shape index (κ2) is 6.44. The number of hydrogen-bond donors (Lipinski definition) is 1. The number of fused-ring (bicyclic) bond motifs is 1. The molecular formula is C18H24N4O. The smallest absolute Gasteiger partial charge is 0.317 e. The number of carbonyl (C=O) groups is 1. The zero-order valence-corrected chi connectivity index (χ0v) is 14.0. The van der Waals surface area contributed by atoms with E-state index < -0.39 is 0 Å². The fraction of sp³-hybridized carbons (Fsp3) is 0.444. The minimum Gasteiger partial charge on any atom is -0.334 e. The van der Waals surface area contributed by atoms with Crippen molar-refractivity contribution in [1.29, 1.82) is 0 Å².